The van der Waals surface area contributed by atoms with Crippen molar-refractivity contribution in [3.63, 3.8) is 0 Å². The molecule has 2 aromatic rings. The molecular weight excluding hydrogens is 288 g/mol. The summed E-state index contributed by atoms with van der Waals surface area (Å²) >= 11 is 6.13. The summed E-state index contributed by atoms with van der Waals surface area (Å²) in [6.45, 7) is 2.64. The molecule has 0 radical (unpaired) electrons. The first-order valence-corrected chi connectivity index (χ1v) is 7.49. The van der Waals surface area contributed by atoms with Crippen LogP contribution in [0.4, 0.5) is 0 Å². The Morgan fingerprint density at radius 2 is 2.29 bits per heavy atom. The van der Waals surface area contributed by atoms with Gasteiger partial charge < -0.3 is 9.42 Å². The van der Waals surface area contributed by atoms with Crippen LogP contribution in [0.2, 0.25) is 5.02 Å². The zero-order chi connectivity index (χ0) is 14.8. The lowest BCUT2D eigenvalue weighted by Crippen LogP contribution is -2.31. The summed E-state index contributed by atoms with van der Waals surface area (Å²) in [5, 5.41) is 4.56. The molecule has 110 valence electrons. The Morgan fingerprint density at radius 3 is 3.00 bits per heavy atom. The van der Waals surface area contributed by atoms with E-state index in [9.17, 15) is 4.79 Å². The van der Waals surface area contributed by atoms with Crippen LogP contribution >= 0.6 is 11.6 Å². The Balaban J connectivity index is 1.76. The number of hydrogen-bond acceptors (Lipinski definition) is 3. The summed E-state index contributed by atoms with van der Waals surface area (Å²) < 4.78 is 5.33. The second-order valence-corrected chi connectivity index (χ2v) is 5.79. The van der Waals surface area contributed by atoms with Crippen LogP contribution in [-0.2, 0) is 11.2 Å². The Labute approximate surface area is 128 Å². The van der Waals surface area contributed by atoms with Crippen molar-refractivity contribution in [2.75, 3.05) is 6.54 Å². The summed E-state index contributed by atoms with van der Waals surface area (Å²) in [5.74, 6) is 0.858. The lowest BCUT2D eigenvalue weighted by molar-refractivity contribution is -0.131. The first-order chi connectivity index (χ1) is 10.1. The summed E-state index contributed by atoms with van der Waals surface area (Å²) in [6.07, 6.45) is 2.23. The van der Waals surface area contributed by atoms with E-state index in [1.54, 1.807) is 0 Å². The molecule has 1 aromatic heterocycles. The maximum Gasteiger partial charge on any atom is 0.227 e. The average molecular weight is 305 g/mol. The molecular formula is C16H17ClN2O2. The predicted molar refractivity (Wildman–Crippen MR) is 80.1 cm³/mol. The van der Waals surface area contributed by atoms with Gasteiger partial charge in [-0.1, -0.05) is 35.0 Å². The number of benzene rings is 1. The van der Waals surface area contributed by atoms with E-state index in [0.29, 0.717) is 11.4 Å². The molecule has 0 unspecified atom stereocenters. The highest BCUT2D eigenvalue weighted by Crippen LogP contribution is 2.33. The van der Waals surface area contributed by atoms with Gasteiger partial charge in [-0.15, -0.1) is 0 Å². The predicted octanol–water partition coefficient (Wildman–Crippen LogP) is 3.54. The maximum atomic E-state index is 12.6. The monoisotopic (exact) mass is 304 g/mol. The molecule has 0 saturated carbocycles. The van der Waals surface area contributed by atoms with Crippen molar-refractivity contribution in [1.82, 2.24) is 10.1 Å². The molecule has 0 aliphatic carbocycles. The smallest absolute Gasteiger partial charge is 0.227 e. The summed E-state index contributed by atoms with van der Waals surface area (Å²) in [4.78, 5) is 14.4. The van der Waals surface area contributed by atoms with Crippen LogP contribution in [0.25, 0.3) is 0 Å². The quantitative estimate of drug-likeness (QED) is 0.871. The van der Waals surface area contributed by atoms with E-state index >= 15 is 0 Å². The topological polar surface area (TPSA) is 46.3 Å². The molecule has 1 saturated heterocycles. The highest BCUT2D eigenvalue weighted by atomic mass is 35.5. The number of carbonyl (C=O) groups excluding carboxylic acids is 1. The molecule has 1 fully saturated rings. The van der Waals surface area contributed by atoms with Gasteiger partial charge in [0, 0.05) is 17.6 Å². The van der Waals surface area contributed by atoms with Gasteiger partial charge in [0.15, 0.2) is 5.76 Å². The zero-order valence-corrected chi connectivity index (χ0v) is 12.6. The van der Waals surface area contributed by atoms with Crippen molar-refractivity contribution in [2.45, 2.75) is 32.2 Å². The van der Waals surface area contributed by atoms with Crippen LogP contribution < -0.4 is 0 Å². The van der Waals surface area contributed by atoms with E-state index in [4.69, 9.17) is 16.1 Å². The summed E-state index contributed by atoms with van der Waals surface area (Å²) in [7, 11) is 0. The number of hydrogen-bond donors (Lipinski definition) is 0. The van der Waals surface area contributed by atoms with E-state index < -0.39 is 0 Å². The van der Waals surface area contributed by atoms with Gasteiger partial charge in [0.05, 0.1) is 18.2 Å². The average Bonchev–Trinajstić information content (AvgIpc) is 3.09. The van der Waals surface area contributed by atoms with E-state index in [1.807, 2.05) is 42.2 Å². The lowest BCUT2D eigenvalue weighted by atomic mass is 10.1. The highest BCUT2D eigenvalue weighted by Gasteiger charge is 2.32. The van der Waals surface area contributed by atoms with Crippen LogP contribution in [0.1, 0.15) is 35.9 Å². The molecule has 1 aromatic carbocycles. The molecule has 0 N–H and O–H groups in total. The number of nitrogens with zero attached hydrogens (tertiary/aromatic N) is 2. The fourth-order valence-electron chi connectivity index (χ4n) is 2.81. The van der Waals surface area contributed by atoms with Crippen LogP contribution in [0, 0.1) is 6.92 Å². The zero-order valence-electron chi connectivity index (χ0n) is 11.9. The molecule has 4 nitrogen and oxygen atoms in total. The van der Waals surface area contributed by atoms with Gasteiger partial charge in [-0.3, -0.25) is 4.79 Å². The second-order valence-electron chi connectivity index (χ2n) is 5.38. The van der Waals surface area contributed by atoms with Gasteiger partial charge in [-0.05, 0) is 31.4 Å². The SMILES string of the molecule is Cc1cc([C@H]2CCCN2C(=O)Cc2ccccc2Cl)on1. The number of halogens is 1. The van der Waals surface area contributed by atoms with Crippen LogP contribution in [-0.4, -0.2) is 22.5 Å². The first kappa shape index (κ1) is 14.1. The Morgan fingerprint density at radius 1 is 1.48 bits per heavy atom. The molecule has 2 heterocycles. The fraction of sp³-hybridized carbons (Fsp3) is 0.375. The number of rotatable bonds is 3. The van der Waals surface area contributed by atoms with Crippen LogP contribution in [0.15, 0.2) is 34.9 Å². The van der Waals surface area contributed by atoms with Gasteiger partial charge in [-0.2, -0.15) is 0 Å². The molecule has 1 aliphatic heterocycles. The Hall–Kier alpha value is -1.81. The number of aryl methyl sites for hydroxylation is 1. The van der Waals surface area contributed by atoms with E-state index in [-0.39, 0.29) is 11.9 Å². The van der Waals surface area contributed by atoms with Crippen molar-refractivity contribution in [2.24, 2.45) is 0 Å². The lowest BCUT2D eigenvalue weighted by Gasteiger charge is -2.23. The summed E-state index contributed by atoms with van der Waals surface area (Å²) in [6, 6.07) is 9.38. The Bertz CT molecular complexity index is 653. The molecule has 0 spiro atoms. The van der Waals surface area contributed by atoms with E-state index in [2.05, 4.69) is 5.16 Å². The second kappa shape index (κ2) is 5.90. The van der Waals surface area contributed by atoms with Crippen LogP contribution in [0.3, 0.4) is 0 Å². The third kappa shape index (κ3) is 2.95. The number of carbonyl (C=O) groups is 1. The molecule has 1 atom stereocenters. The minimum Gasteiger partial charge on any atom is -0.359 e. The van der Waals surface area contributed by atoms with Crippen molar-refractivity contribution < 1.29 is 9.32 Å². The normalized spacial score (nSPS) is 18.2. The number of aromatic nitrogens is 1. The third-order valence-electron chi connectivity index (χ3n) is 3.85. The van der Waals surface area contributed by atoms with Gasteiger partial charge in [0.1, 0.15) is 0 Å². The third-order valence-corrected chi connectivity index (χ3v) is 4.22. The van der Waals surface area contributed by atoms with Gasteiger partial charge in [0.2, 0.25) is 5.91 Å². The van der Waals surface area contributed by atoms with Gasteiger partial charge >= 0.3 is 0 Å². The molecule has 5 heteroatoms. The number of amides is 1. The molecule has 1 aliphatic rings. The van der Waals surface area contributed by atoms with Crippen molar-refractivity contribution in [3.05, 3.63) is 52.4 Å². The maximum absolute atomic E-state index is 12.6. The van der Waals surface area contributed by atoms with Crippen molar-refractivity contribution in [1.29, 1.82) is 0 Å². The standard InChI is InChI=1S/C16H17ClN2O2/c1-11-9-15(21-18-11)14-7-4-8-19(14)16(20)10-12-5-2-3-6-13(12)17/h2-3,5-6,9,14H,4,7-8,10H2,1H3/t14-/m1/s1. The van der Waals surface area contributed by atoms with E-state index in [0.717, 1.165) is 36.4 Å². The minimum atomic E-state index is 0.00110. The van der Waals surface area contributed by atoms with Crippen LogP contribution in [0.5, 0.6) is 0 Å². The molecule has 0 bridgehead atoms. The molecule has 3 rings (SSSR count). The van der Waals surface area contributed by atoms with Crippen molar-refractivity contribution in [3.8, 4) is 0 Å². The molecule has 21 heavy (non-hydrogen) atoms. The largest absolute Gasteiger partial charge is 0.359 e. The molecule has 1 amide bonds. The highest BCUT2D eigenvalue weighted by molar-refractivity contribution is 6.31. The first-order valence-electron chi connectivity index (χ1n) is 7.11. The van der Waals surface area contributed by atoms with E-state index in [1.165, 1.54) is 0 Å². The summed E-state index contributed by atoms with van der Waals surface area (Å²) in [5.41, 5.74) is 1.71. The van der Waals surface area contributed by atoms with Gasteiger partial charge in [0.25, 0.3) is 0 Å². The van der Waals surface area contributed by atoms with Gasteiger partial charge in [-0.25, -0.2) is 0 Å². The Kier molecular flexibility index (Phi) is 3.97. The van der Waals surface area contributed by atoms with Crippen molar-refractivity contribution >= 4 is 17.5 Å². The minimum absolute atomic E-state index is 0.00110. The fourth-order valence-corrected chi connectivity index (χ4v) is 3.01. The number of likely N-dealkylation sites (tertiary alicyclic amines) is 1.